The lowest BCUT2D eigenvalue weighted by Crippen LogP contribution is -2.42. The first kappa shape index (κ1) is 20.4. The molecule has 3 amide bonds. The van der Waals surface area contributed by atoms with Crippen molar-refractivity contribution >= 4 is 29.4 Å². The van der Waals surface area contributed by atoms with E-state index in [0.29, 0.717) is 31.7 Å². The van der Waals surface area contributed by atoms with Gasteiger partial charge in [0.1, 0.15) is 0 Å². The number of likely N-dealkylation sites (N-methyl/N-ethyl adjacent to an activating group) is 2. The zero-order chi connectivity index (χ0) is 19.8. The van der Waals surface area contributed by atoms with Gasteiger partial charge in [-0.1, -0.05) is 6.07 Å². The minimum absolute atomic E-state index is 0.0274. The third-order valence-corrected chi connectivity index (χ3v) is 4.24. The van der Waals surface area contributed by atoms with Crippen LogP contribution in [-0.2, 0) is 19.1 Å². The molecule has 1 aromatic rings. The second-order valence-corrected chi connectivity index (χ2v) is 6.14. The molecule has 1 N–H and O–H groups in total. The highest BCUT2D eigenvalue weighted by atomic mass is 16.5. The first-order valence-corrected chi connectivity index (χ1v) is 9.08. The molecular formula is C19H25N3O5. The van der Waals surface area contributed by atoms with Crippen molar-refractivity contribution in [2.45, 2.75) is 26.7 Å². The van der Waals surface area contributed by atoms with Gasteiger partial charge in [-0.05, 0) is 38.5 Å². The van der Waals surface area contributed by atoms with Crippen LogP contribution in [0.2, 0.25) is 0 Å². The Labute approximate surface area is 158 Å². The Morgan fingerprint density at radius 3 is 2.67 bits per heavy atom. The Balaban J connectivity index is 1.93. The standard InChI is InChI=1S/C19H25N3O5/c1-3-20-16(23)12-21(4-2)18(25)13-27-19(26)14-7-5-8-15(11-14)22-10-6-9-17(22)24/h5,7-8,11H,3-4,6,9-10,12-13H2,1-2H3,(H,20,23). The Morgan fingerprint density at radius 1 is 1.26 bits per heavy atom. The number of anilines is 1. The van der Waals surface area contributed by atoms with Crippen molar-refractivity contribution in [1.29, 1.82) is 0 Å². The number of carbonyl (C=O) groups excluding carboxylic acids is 4. The van der Waals surface area contributed by atoms with E-state index in [1.165, 1.54) is 4.90 Å². The Kier molecular flexibility index (Phi) is 7.34. The quantitative estimate of drug-likeness (QED) is 0.683. The Hall–Kier alpha value is -2.90. The number of hydrogen-bond acceptors (Lipinski definition) is 5. The highest BCUT2D eigenvalue weighted by Crippen LogP contribution is 2.22. The minimum atomic E-state index is -0.647. The normalized spacial score (nSPS) is 13.4. The van der Waals surface area contributed by atoms with E-state index in [1.807, 2.05) is 0 Å². The Morgan fingerprint density at radius 2 is 2.04 bits per heavy atom. The molecule has 0 aromatic heterocycles. The second-order valence-electron chi connectivity index (χ2n) is 6.14. The van der Waals surface area contributed by atoms with Crippen LogP contribution >= 0.6 is 0 Å². The molecule has 1 aliphatic heterocycles. The van der Waals surface area contributed by atoms with Crippen LogP contribution in [0.3, 0.4) is 0 Å². The van der Waals surface area contributed by atoms with Gasteiger partial charge in [0.05, 0.1) is 12.1 Å². The van der Waals surface area contributed by atoms with Crippen LogP contribution in [0.5, 0.6) is 0 Å². The molecular weight excluding hydrogens is 350 g/mol. The maximum absolute atomic E-state index is 12.3. The van der Waals surface area contributed by atoms with Crippen LogP contribution in [0.1, 0.15) is 37.0 Å². The summed E-state index contributed by atoms with van der Waals surface area (Å²) in [4.78, 5) is 50.9. The summed E-state index contributed by atoms with van der Waals surface area (Å²) in [6.07, 6.45) is 1.29. The van der Waals surface area contributed by atoms with Gasteiger partial charge in [0.15, 0.2) is 6.61 Å². The van der Waals surface area contributed by atoms with Crippen molar-refractivity contribution < 1.29 is 23.9 Å². The van der Waals surface area contributed by atoms with Crippen molar-refractivity contribution in [2.75, 3.05) is 37.7 Å². The number of nitrogens with zero attached hydrogens (tertiary/aromatic N) is 2. The summed E-state index contributed by atoms with van der Waals surface area (Å²) in [6, 6.07) is 6.59. The zero-order valence-electron chi connectivity index (χ0n) is 15.7. The first-order valence-electron chi connectivity index (χ1n) is 9.08. The number of carbonyl (C=O) groups is 4. The van der Waals surface area contributed by atoms with Gasteiger partial charge in [-0.2, -0.15) is 0 Å². The van der Waals surface area contributed by atoms with Crippen molar-refractivity contribution in [3.05, 3.63) is 29.8 Å². The van der Waals surface area contributed by atoms with Crippen molar-refractivity contribution in [3.8, 4) is 0 Å². The lowest BCUT2D eigenvalue weighted by molar-refractivity contribution is -0.138. The van der Waals surface area contributed by atoms with Crippen LogP contribution in [0.15, 0.2) is 24.3 Å². The topological polar surface area (TPSA) is 96.0 Å². The number of amides is 3. The highest BCUT2D eigenvalue weighted by molar-refractivity contribution is 5.98. The maximum Gasteiger partial charge on any atom is 0.338 e. The molecule has 2 rings (SSSR count). The van der Waals surface area contributed by atoms with E-state index in [1.54, 1.807) is 43.0 Å². The van der Waals surface area contributed by atoms with E-state index < -0.39 is 18.5 Å². The molecule has 0 atom stereocenters. The molecule has 8 heteroatoms. The molecule has 27 heavy (non-hydrogen) atoms. The molecule has 146 valence electrons. The molecule has 0 bridgehead atoms. The van der Waals surface area contributed by atoms with Crippen LogP contribution in [0.4, 0.5) is 5.69 Å². The fourth-order valence-corrected chi connectivity index (χ4v) is 2.83. The number of esters is 1. The average molecular weight is 375 g/mol. The third kappa shape index (κ3) is 5.54. The van der Waals surface area contributed by atoms with Crippen molar-refractivity contribution in [2.24, 2.45) is 0 Å². The van der Waals surface area contributed by atoms with Gasteiger partial charge in [-0.15, -0.1) is 0 Å². The molecule has 1 fully saturated rings. The van der Waals surface area contributed by atoms with E-state index >= 15 is 0 Å². The third-order valence-electron chi connectivity index (χ3n) is 4.24. The maximum atomic E-state index is 12.3. The van der Waals surface area contributed by atoms with Crippen LogP contribution < -0.4 is 10.2 Å². The van der Waals surface area contributed by atoms with E-state index in [4.69, 9.17) is 4.74 Å². The summed E-state index contributed by atoms with van der Waals surface area (Å²) < 4.78 is 5.09. The fraction of sp³-hybridized carbons (Fsp3) is 0.474. The van der Waals surface area contributed by atoms with E-state index in [2.05, 4.69) is 5.32 Å². The molecule has 1 heterocycles. The van der Waals surface area contributed by atoms with E-state index in [9.17, 15) is 19.2 Å². The first-order chi connectivity index (χ1) is 13.0. The van der Waals surface area contributed by atoms with Gasteiger partial charge in [0.25, 0.3) is 5.91 Å². The van der Waals surface area contributed by atoms with E-state index in [0.717, 1.165) is 6.42 Å². The molecule has 1 aliphatic rings. The summed E-state index contributed by atoms with van der Waals surface area (Å²) in [5.74, 6) is -1.32. The van der Waals surface area contributed by atoms with Gasteiger partial charge in [0.2, 0.25) is 11.8 Å². The predicted octanol–water partition coefficient (Wildman–Crippen LogP) is 0.955. The number of ether oxygens (including phenoxy) is 1. The monoisotopic (exact) mass is 375 g/mol. The molecule has 1 saturated heterocycles. The van der Waals surface area contributed by atoms with Gasteiger partial charge < -0.3 is 19.9 Å². The fourth-order valence-electron chi connectivity index (χ4n) is 2.83. The van der Waals surface area contributed by atoms with Crippen LogP contribution in [0.25, 0.3) is 0 Å². The molecule has 1 aromatic carbocycles. The van der Waals surface area contributed by atoms with Crippen LogP contribution in [-0.4, -0.2) is 61.4 Å². The van der Waals surface area contributed by atoms with Gasteiger partial charge in [0, 0.05) is 31.7 Å². The average Bonchev–Trinajstić information content (AvgIpc) is 3.10. The summed E-state index contributed by atoms with van der Waals surface area (Å²) in [7, 11) is 0. The minimum Gasteiger partial charge on any atom is -0.452 e. The Bertz CT molecular complexity index is 719. The summed E-state index contributed by atoms with van der Waals surface area (Å²) in [5, 5.41) is 2.62. The predicted molar refractivity (Wildman–Crippen MR) is 99.2 cm³/mol. The summed E-state index contributed by atoms with van der Waals surface area (Å²) in [6.45, 7) is 4.46. The van der Waals surface area contributed by atoms with Crippen molar-refractivity contribution in [1.82, 2.24) is 10.2 Å². The summed E-state index contributed by atoms with van der Waals surface area (Å²) in [5.41, 5.74) is 0.913. The number of nitrogens with one attached hydrogen (secondary N) is 1. The van der Waals surface area contributed by atoms with Gasteiger partial charge in [-0.3, -0.25) is 14.4 Å². The second kappa shape index (κ2) is 9.70. The molecule has 0 aliphatic carbocycles. The van der Waals surface area contributed by atoms with E-state index in [-0.39, 0.29) is 23.9 Å². The highest BCUT2D eigenvalue weighted by Gasteiger charge is 2.23. The lowest BCUT2D eigenvalue weighted by Gasteiger charge is -2.20. The van der Waals surface area contributed by atoms with Gasteiger partial charge in [-0.25, -0.2) is 4.79 Å². The number of benzene rings is 1. The van der Waals surface area contributed by atoms with Gasteiger partial charge >= 0.3 is 5.97 Å². The largest absolute Gasteiger partial charge is 0.452 e. The molecule has 0 saturated carbocycles. The lowest BCUT2D eigenvalue weighted by atomic mass is 10.2. The van der Waals surface area contributed by atoms with Crippen molar-refractivity contribution in [3.63, 3.8) is 0 Å². The molecule has 0 radical (unpaired) electrons. The molecule has 8 nitrogen and oxygen atoms in total. The van der Waals surface area contributed by atoms with Crippen LogP contribution in [0, 0.1) is 0 Å². The number of rotatable bonds is 8. The molecule has 0 spiro atoms. The molecule has 0 unspecified atom stereocenters. The smallest absolute Gasteiger partial charge is 0.338 e. The zero-order valence-corrected chi connectivity index (χ0v) is 15.7. The summed E-state index contributed by atoms with van der Waals surface area (Å²) >= 11 is 0. The SMILES string of the molecule is CCNC(=O)CN(CC)C(=O)COC(=O)c1cccc(N2CCCC2=O)c1. The number of hydrogen-bond donors (Lipinski definition) is 1.